The van der Waals surface area contributed by atoms with Gasteiger partial charge in [-0.15, -0.1) is 0 Å². The molecule has 0 radical (unpaired) electrons. The lowest BCUT2D eigenvalue weighted by atomic mass is 9.72. The zero-order chi connectivity index (χ0) is 15.7. The van der Waals surface area contributed by atoms with E-state index in [2.05, 4.69) is 0 Å². The SMILES string of the molecule is CN(C)C(=O)C1CCC(N)C(N)(C(=O)OC(C)(C)C)C1. The second-order valence-corrected chi connectivity index (χ2v) is 6.86. The number of carbonyl (C=O) groups excluding carboxylic acids is 2. The van der Waals surface area contributed by atoms with Crippen LogP contribution < -0.4 is 11.5 Å². The molecular formula is C14H27N3O3. The fourth-order valence-electron chi connectivity index (χ4n) is 2.48. The van der Waals surface area contributed by atoms with Crippen molar-refractivity contribution in [3.05, 3.63) is 0 Å². The van der Waals surface area contributed by atoms with Gasteiger partial charge in [-0.2, -0.15) is 0 Å². The minimum Gasteiger partial charge on any atom is -0.459 e. The van der Waals surface area contributed by atoms with Crippen LogP contribution in [-0.2, 0) is 14.3 Å². The van der Waals surface area contributed by atoms with Crippen LogP contribution in [0, 0.1) is 5.92 Å². The summed E-state index contributed by atoms with van der Waals surface area (Å²) in [6, 6.07) is -0.483. The predicted molar refractivity (Wildman–Crippen MR) is 76.8 cm³/mol. The van der Waals surface area contributed by atoms with Gasteiger partial charge in [0, 0.05) is 26.1 Å². The average Bonchev–Trinajstić information content (AvgIpc) is 2.29. The maximum atomic E-state index is 12.3. The zero-order valence-corrected chi connectivity index (χ0v) is 13.1. The Bertz CT molecular complexity index is 390. The van der Waals surface area contributed by atoms with Crippen molar-refractivity contribution >= 4 is 11.9 Å². The van der Waals surface area contributed by atoms with E-state index in [0.717, 1.165) is 0 Å². The summed E-state index contributed by atoms with van der Waals surface area (Å²) >= 11 is 0. The third kappa shape index (κ3) is 3.70. The van der Waals surface area contributed by atoms with Gasteiger partial charge in [0.15, 0.2) is 0 Å². The highest BCUT2D eigenvalue weighted by Gasteiger charge is 2.49. The van der Waals surface area contributed by atoms with E-state index >= 15 is 0 Å². The van der Waals surface area contributed by atoms with Crippen LogP contribution in [0.3, 0.4) is 0 Å². The summed E-state index contributed by atoms with van der Waals surface area (Å²) < 4.78 is 5.37. The number of amides is 1. The monoisotopic (exact) mass is 285 g/mol. The van der Waals surface area contributed by atoms with Crippen molar-refractivity contribution in [3.63, 3.8) is 0 Å². The van der Waals surface area contributed by atoms with Crippen molar-refractivity contribution in [1.29, 1.82) is 0 Å². The van der Waals surface area contributed by atoms with Gasteiger partial charge >= 0.3 is 5.97 Å². The topological polar surface area (TPSA) is 98.6 Å². The number of carbonyl (C=O) groups is 2. The van der Waals surface area contributed by atoms with Crippen LogP contribution in [0.5, 0.6) is 0 Å². The molecule has 1 aliphatic carbocycles. The lowest BCUT2D eigenvalue weighted by Gasteiger charge is -2.41. The number of ether oxygens (including phenoxy) is 1. The summed E-state index contributed by atoms with van der Waals surface area (Å²) in [5.74, 6) is -0.814. The highest BCUT2D eigenvalue weighted by Crippen LogP contribution is 2.33. The van der Waals surface area contributed by atoms with Crippen molar-refractivity contribution < 1.29 is 14.3 Å². The van der Waals surface area contributed by atoms with Gasteiger partial charge in [0.2, 0.25) is 5.91 Å². The number of nitrogens with two attached hydrogens (primary N) is 2. The van der Waals surface area contributed by atoms with E-state index in [4.69, 9.17) is 16.2 Å². The summed E-state index contributed by atoms with van der Waals surface area (Å²) in [5, 5.41) is 0. The van der Waals surface area contributed by atoms with Crippen molar-refractivity contribution in [3.8, 4) is 0 Å². The molecule has 1 aliphatic rings. The molecule has 6 heteroatoms. The molecule has 0 spiro atoms. The predicted octanol–water partition coefficient (Wildman–Crippen LogP) is 0.241. The standard InChI is InChI=1S/C14H27N3O3/c1-13(2,3)20-12(19)14(16)8-9(6-7-10(14)15)11(18)17(4)5/h9-10H,6-8,15-16H2,1-5H3. The Hall–Kier alpha value is -1.14. The lowest BCUT2D eigenvalue weighted by molar-refractivity contribution is -0.165. The minimum absolute atomic E-state index is 0.0183. The van der Waals surface area contributed by atoms with Crippen molar-refractivity contribution in [1.82, 2.24) is 4.90 Å². The van der Waals surface area contributed by atoms with E-state index in [1.807, 2.05) is 0 Å². The summed E-state index contributed by atoms with van der Waals surface area (Å²) in [5.41, 5.74) is 10.3. The number of hydrogen-bond acceptors (Lipinski definition) is 5. The second-order valence-electron chi connectivity index (χ2n) is 6.86. The molecule has 3 atom stereocenters. The quantitative estimate of drug-likeness (QED) is 0.708. The Morgan fingerprint density at radius 2 is 1.80 bits per heavy atom. The van der Waals surface area contributed by atoms with Crippen LogP contribution in [0.1, 0.15) is 40.0 Å². The Labute approximate surface area is 120 Å². The molecule has 1 saturated carbocycles. The molecule has 1 rings (SSSR count). The molecule has 0 saturated heterocycles. The van der Waals surface area contributed by atoms with Gasteiger partial charge in [-0.1, -0.05) is 0 Å². The molecule has 4 N–H and O–H groups in total. The van der Waals surface area contributed by atoms with Crippen LogP contribution in [0.15, 0.2) is 0 Å². The summed E-state index contributed by atoms with van der Waals surface area (Å²) in [6.07, 6.45) is 1.43. The highest BCUT2D eigenvalue weighted by atomic mass is 16.6. The Morgan fingerprint density at radius 1 is 1.25 bits per heavy atom. The smallest absolute Gasteiger partial charge is 0.328 e. The van der Waals surface area contributed by atoms with Gasteiger partial charge in [0.25, 0.3) is 0 Å². The van der Waals surface area contributed by atoms with E-state index in [9.17, 15) is 9.59 Å². The molecule has 0 bridgehead atoms. The number of rotatable bonds is 2. The van der Waals surface area contributed by atoms with Gasteiger partial charge in [0.05, 0.1) is 0 Å². The molecule has 0 aromatic rings. The van der Waals surface area contributed by atoms with Crippen molar-refractivity contribution in [2.45, 2.75) is 57.2 Å². The summed E-state index contributed by atoms with van der Waals surface area (Å²) in [4.78, 5) is 25.9. The van der Waals surface area contributed by atoms with Crippen LogP contribution in [0.4, 0.5) is 0 Å². The van der Waals surface area contributed by atoms with Crippen LogP contribution >= 0.6 is 0 Å². The highest BCUT2D eigenvalue weighted by molar-refractivity contribution is 5.85. The Morgan fingerprint density at radius 3 is 2.25 bits per heavy atom. The Kier molecular flexibility index (Phi) is 4.82. The molecule has 0 aromatic heterocycles. The third-order valence-electron chi connectivity index (χ3n) is 3.64. The third-order valence-corrected chi connectivity index (χ3v) is 3.64. The van der Waals surface area contributed by atoms with Gasteiger partial charge in [-0.25, -0.2) is 4.79 Å². The molecule has 0 aromatic carbocycles. The summed E-state index contributed by atoms with van der Waals surface area (Å²) in [7, 11) is 3.39. The van der Waals surface area contributed by atoms with E-state index in [0.29, 0.717) is 12.8 Å². The number of hydrogen-bond donors (Lipinski definition) is 2. The van der Waals surface area contributed by atoms with Gasteiger partial charge in [0.1, 0.15) is 11.1 Å². The first-order chi connectivity index (χ1) is 8.97. The van der Waals surface area contributed by atoms with Crippen LogP contribution in [-0.4, -0.2) is 48.1 Å². The number of nitrogens with zero attached hydrogens (tertiary/aromatic N) is 1. The molecule has 0 heterocycles. The molecule has 6 nitrogen and oxygen atoms in total. The summed E-state index contributed by atoms with van der Waals surface area (Å²) in [6.45, 7) is 5.35. The lowest BCUT2D eigenvalue weighted by Crippen LogP contribution is -2.65. The van der Waals surface area contributed by atoms with E-state index in [-0.39, 0.29) is 18.2 Å². The molecule has 0 aliphatic heterocycles. The van der Waals surface area contributed by atoms with Crippen molar-refractivity contribution in [2.24, 2.45) is 17.4 Å². The maximum Gasteiger partial charge on any atom is 0.328 e. The molecule has 1 fully saturated rings. The van der Waals surface area contributed by atoms with E-state index in [1.54, 1.807) is 34.9 Å². The van der Waals surface area contributed by atoms with Crippen molar-refractivity contribution in [2.75, 3.05) is 14.1 Å². The van der Waals surface area contributed by atoms with Gasteiger partial charge < -0.3 is 21.1 Å². The minimum atomic E-state index is -1.29. The van der Waals surface area contributed by atoms with Gasteiger partial charge in [-0.05, 0) is 40.0 Å². The fourth-order valence-corrected chi connectivity index (χ4v) is 2.48. The molecule has 1 amide bonds. The largest absolute Gasteiger partial charge is 0.459 e. The average molecular weight is 285 g/mol. The van der Waals surface area contributed by atoms with E-state index < -0.39 is 23.2 Å². The fraction of sp³-hybridized carbons (Fsp3) is 0.857. The first kappa shape index (κ1) is 16.9. The maximum absolute atomic E-state index is 12.3. The molecule has 20 heavy (non-hydrogen) atoms. The first-order valence-electron chi connectivity index (χ1n) is 6.96. The normalized spacial score (nSPS) is 30.8. The molecular weight excluding hydrogens is 258 g/mol. The van der Waals surface area contributed by atoms with Gasteiger partial charge in [-0.3, -0.25) is 4.79 Å². The second kappa shape index (κ2) is 5.69. The zero-order valence-electron chi connectivity index (χ0n) is 13.1. The van der Waals surface area contributed by atoms with Crippen LogP contribution in [0.25, 0.3) is 0 Å². The van der Waals surface area contributed by atoms with Crippen LogP contribution in [0.2, 0.25) is 0 Å². The number of esters is 1. The first-order valence-corrected chi connectivity index (χ1v) is 6.96. The molecule has 116 valence electrons. The molecule has 3 unspecified atom stereocenters. The Balaban J connectivity index is 2.89. The van der Waals surface area contributed by atoms with E-state index in [1.165, 1.54) is 4.90 Å².